The topological polar surface area (TPSA) is 72.6 Å². The number of ether oxygens (including phenoxy) is 1. The molecule has 3 N–H and O–H groups in total. The van der Waals surface area contributed by atoms with Gasteiger partial charge in [-0.3, -0.25) is 4.79 Å². The van der Waals surface area contributed by atoms with Crippen molar-refractivity contribution >= 4 is 5.97 Å². The second-order valence-electron chi connectivity index (χ2n) is 2.29. The standard InChI is InChI=1S/C7H15NO3/c1-2-3-6(8)7(10)11-5-4-9/h6,9H,2-5,8H2,1H3. The van der Waals surface area contributed by atoms with Gasteiger partial charge in [0.15, 0.2) is 0 Å². The molecule has 0 fully saturated rings. The highest BCUT2D eigenvalue weighted by atomic mass is 16.5. The van der Waals surface area contributed by atoms with Crippen molar-refractivity contribution in [2.24, 2.45) is 5.73 Å². The molecule has 0 saturated carbocycles. The summed E-state index contributed by atoms with van der Waals surface area (Å²) in [5.74, 6) is -0.430. The highest BCUT2D eigenvalue weighted by molar-refractivity contribution is 5.75. The van der Waals surface area contributed by atoms with Crippen LogP contribution in [-0.2, 0) is 9.53 Å². The van der Waals surface area contributed by atoms with E-state index in [1.807, 2.05) is 6.92 Å². The lowest BCUT2D eigenvalue weighted by Gasteiger charge is -2.08. The zero-order valence-electron chi connectivity index (χ0n) is 6.75. The molecule has 0 aliphatic rings. The molecular formula is C7H15NO3. The van der Waals surface area contributed by atoms with Crippen LogP contribution in [0.2, 0.25) is 0 Å². The predicted octanol–water partition coefficient (Wildman–Crippen LogP) is -0.351. The fourth-order valence-electron chi connectivity index (χ4n) is 0.682. The number of rotatable bonds is 5. The van der Waals surface area contributed by atoms with Gasteiger partial charge >= 0.3 is 5.97 Å². The van der Waals surface area contributed by atoms with Crippen LogP contribution in [0.5, 0.6) is 0 Å². The number of esters is 1. The van der Waals surface area contributed by atoms with Gasteiger partial charge in [-0.2, -0.15) is 0 Å². The third-order valence-corrected chi connectivity index (χ3v) is 1.24. The number of hydrogen-bond donors (Lipinski definition) is 2. The van der Waals surface area contributed by atoms with Gasteiger partial charge in [0, 0.05) is 0 Å². The third-order valence-electron chi connectivity index (χ3n) is 1.24. The Morgan fingerprint density at radius 2 is 2.36 bits per heavy atom. The molecule has 0 heterocycles. The summed E-state index contributed by atoms with van der Waals surface area (Å²) in [7, 11) is 0. The number of nitrogens with two attached hydrogens (primary N) is 1. The summed E-state index contributed by atoms with van der Waals surface area (Å²) < 4.78 is 4.59. The van der Waals surface area contributed by atoms with Gasteiger partial charge in [-0.05, 0) is 6.42 Å². The summed E-state index contributed by atoms with van der Waals surface area (Å²) in [5, 5.41) is 8.31. The van der Waals surface area contributed by atoms with Gasteiger partial charge in [-0.25, -0.2) is 0 Å². The van der Waals surface area contributed by atoms with Crippen LogP contribution in [0.15, 0.2) is 0 Å². The first-order valence-electron chi connectivity index (χ1n) is 3.75. The van der Waals surface area contributed by atoms with Crippen LogP contribution >= 0.6 is 0 Å². The maximum atomic E-state index is 10.8. The van der Waals surface area contributed by atoms with Gasteiger partial charge in [0.25, 0.3) is 0 Å². The molecule has 0 amide bonds. The monoisotopic (exact) mass is 161 g/mol. The Kier molecular flexibility index (Phi) is 5.78. The molecule has 1 unspecified atom stereocenters. The predicted molar refractivity (Wildman–Crippen MR) is 40.9 cm³/mol. The summed E-state index contributed by atoms with van der Waals surface area (Å²) >= 11 is 0. The zero-order chi connectivity index (χ0) is 8.69. The van der Waals surface area contributed by atoms with Gasteiger partial charge in [0.1, 0.15) is 12.6 Å². The first kappa shape index (κ1) is 10.4. The molecule has 0 aliphatic carbocycles. The third kappa shape index (κ3) is 4.75. The molecule has 0 radical (unpaired) electrons. The Morgan fingerprint density at radius 3 is 2.82 bits per heavy atom. The van der Waals surface area contributed by atoms with Crippen molar-refractivity contribution in [3.05, 3.63) is 0 Å². The van der Waals surface area contributed by atoms with Crippen molar-refractivity contribution in [2.75, 3.05) is 13.2 Å². The quantitative estimate of drug-likeness (QED) is 0.540. The Labute approximate surface area is 66.3 Å². The Bertz CT molecular complexity index is 116. The van der Waals surface area contributed by atoms with Crippen LogP contribution in [0, 0.1) is 0 Å². The number of aliphatic hydroxyl groups is 1. The molecule has 0 aliphatic heterocycles. The van der Waals surface area contributed by atoms with E-state index >= 15 is 0 Å². The first-order valence-corrected chi connectivity index (χ1v) is 3.75. The van der Waals surface area contributed by atoms with Crippen LogP contribution in [0.3, 0.4) is 0 Å². The summed E-state index contributed by atoms with van der Waals surface area (Å²) in [5.41, 5.74) is 5.41. The number of carbonyl (C=O) groups is 1. The van der Waals surface area contributed by atoms with Gasteiger partial charge in [0.2, 0.25) is 0 Å². The van der Waals surface area contributed by atoms with Crippen molar-refractivity contribution in [3.63, 3.8) is 0 Å². The van der Waals surface area contributed by atoms with Gasteiger partial charge in [-0.15, -0.1) is 0 Å². The van der Waals surface area contributed by atoms with Gasteiger partial charge in [0.05, 0.1) is 6.61 Å². The van der Waals surface area contributed by atoms with Gasteiger partial charge in [-0.1, -0.05) is 13.3 Å². The van der Waals surface area contributed by atoms with Crippen molar-refractivity contribution < 1.29 is 14.6 Å². The van der Waals surface area contributed by atoms with Crippen molar-refractivity contribution in [1.82, 2.24) is 0 Å². The summed E-state index contributed by atoms with van der Waals surface area (Å²) in [4.78, 5) is 10.8. The highest BCUT2D eigenvalue weighted by Gasteiger charge is 2.12. The minimum Gasteiger partial charge on any atom is -0.462 e. The smallest absolute Gasteiger partial charge is 0.322 e. The molecule has 11 heavy (non-hydrogen) atoms. The van der Waals surface area contributed by atoms with Crippen molar-refractivity contribution in [1.29, 1.82) is 0 Å². The maximum Gasteiger partial charge on any atom is 0.322 e. The van der Waals surface area contributed by atoms with E-state index in [-0.39, 0.29) is 13.2 Å². The molecular weight excluding hydrogens is 146 g/mol. The van der Waals surface area contributed by atoms with E-state index in [1.54, 1.807) is 0 Å². The van der Waals surface area contributed by atoms with Crippen LogP contribution in [0.1, 0.15) is 19.8 Å². The first-order chi connectivity index (χ1) is 5.22. The number of hydrogen-bond acceptors (Lipinski definition) is 4. The van der Waals surface area contributed by atoms with Crippen LogP contribution in [0.25, 0.3) is 0 Å². The summed E-state index contributed by atoms with van der Waals surface area (Å²) in [6, 6.07) is -0.536. The molecule has 4 heteroatoms. The summed E-state index contributed by atoms with van der Waals surface area (Å²) in [6.45, 7) is 1.83. The minimum atomic E-state index is -0.536. The van der Waals surface area contributed by atoms with Crippen molar-refractivity contribution in [3.8, 4) is 0 Å². The lowest BCUT2D eigenvalue weighted by molar-refractivity contribution is -0.146. The second kappa shape index (κ2) is 6.12. The van der Waals surface area contributed by atoms with E-state index in [4.69, 9.17) is 10.8 Å². The molecule has 0 rings (SSSR count). The maximum absolute atomic E-state index is 10.8. The average molecular weight is 161 g/mol. The normalized spacial score (nSPS) is 12.6. The zero-order valence-corrected chi connectivity index (χ0v) is 6.75. The lowest BCUT2D eigenvalue weighted by Crippen LogP contribution is -2.32. The number of carbonyl (C=O) groups excluding carboxylic acids is 1. The molecule has 66 valence electrons. The molecule has 0 aromatic heterocycles. The Hall–Kier alpha value is -0.610. The lowest BCUT2D eigenvalue weighted by atomic mass is 10.2. The highest BCUT2D eigenvalue weighted by Crippen LogP contribution is 1.95. The number of aliphatic hydroxyl groups excluding tert-OH is 1. The van der Waals surface area contributed by atoms with E-state index in [2.05, 4.69) is 4.74 Å². The second-order valence-corrected chi connectivity index (χ2v) is 2.29. The van der Waals surface area contributed by atoms with Crippen molar-refractivity contribution in [2.45, 2.75) is 25.8 Å². The fraction of sp³-hybridized carbons (Fsp3) is 0.857. The molecule has 0 aromatic rings. The molecule has 0 aromatic carbocycles. The van der Waals surface area contributed by atoms with E-state index in [0.717, 1.165) is 6.42 Å². The van der Waals surface area contributed by atoms with E-state index in [0.29, 0.717) is 6.42 Å². The molecule has 4 nitrogen and oxygen atoms in total. The van der Waals surface area contributed by atoms with Crippen LogP contribution in [0.4, 0.5) is 0 Å². The average Bonchev–Trinajstić information content (AvgIpc) is 2.00. The largest absolute Gasteiger partial charge is 0.462 e. The van der Waals surface area contributed by atoms with E-state index < -0.39 is 12.0 Å². The summed E-state index contributed by atoms with van der Waals surface area (Å²) in [6.07, 6.45) is 1.49. The molecule has 0 spiro atoms. The van der Waals surface area contributed by atoms with E-state index in [9.17, 15) is 4.79 Å². The molecule has 0 bridgehead atoms. The Morgan fingerprint density at radius 1 is 1.73 bits per heavy atom. The fourth-order valence-corrected chi connectivity index (χ4v) is 0.682. The van der Waals surface area contributed by atoms with E-state index in [1.165, 1.54) is 0 Å². The Balaban J connectivity index is 3.47. The minimum absolute atomic E-state index is 0.0379. The van der Waals surface area contributed by atoms with Gasteiger partial charge < -0.3 is 15.6 Å². The molecule has 1 atom stereocenters. The SMILES string of the molecule is CCCC(N)C(=O)OCCO. The molecule has 0 saturated heterocycles. The van der Waals surface area contributed by atoms with Crippen LogP contribution in [-0.4, -0.2) is 30.3 Å². The van der Waals surface area contributed by atoms with Crippen LogP contribution < -0.4 is 5.73 Å².